The molecule has 1 aromatic rings. The lowest BCUT2D eigenvalue weighted by molar-refractivity contribution is -0.123. The van der Waals surface area contributed by atoms with Crippen LogP contribution in [0.15, 0.2) is 6.33 Å². The number of carbonyl (C=O) groups is 1. The van der Waals surface area contributed by atoms with E-state index in [1.165, 1.54) is 0 Å². The van der Waals surface area contributed by atoms with Crippen LogP contribution < -0.4 is 10.6 Å². The predicted molar refractivity (Wildman–Crippen MR) is 68.6 cm³/mol. The zero-order valence-electron chi connectivity index (χ0n) is 10.5. The van der Waals surface area contributed by atoms with Gasteiger partial charge in [-0.2, -0.15) is 0 Å². The molecule has 1 aliphatic heterocycles. The Morgan fingerprint density at radius 3 is 3.33 bits per heavy atom. The molecule has 18 heavy (non-hydrogen) atoms. The molecule has 5 nitrogen and oxygen atoms in total. The molecule has 2 unspecified atom stereocenters. The van der Waals surface area contributed by atoms with Gasteiger partial charge in [-0.3, -0.25) is 10.1 Å². The van der Waals surface area contributed by atoms with Crippen molar-refractivity contribution in [1.82, 2.24) is 20.6 Å². The van der Waals surface area contributed by atoms with Crippen molar-refractivity contribution >= 4 is 5.91 Å². The molecule has 96 valence electrons. The van der Waals surface area contributed by atoms with Crippen LogP contribution in [0.25, 0.3) is 0 Å². The van der Waals surface area contributed by atoms with Crippen molar-refractivity contribution in [3.05, 3.63) is 17.7 Å². The Hall–Kier alpha value is -1.80. The summed E-state index contributed by atoms with van der Waals surface area (Å²) in [5, 5.41) is 6.07. The quantitative estimate of drug-likeness (QED) is 0.671. The van der Waals surface area contributed by atoms with E-state index in [0.717, 1.165) is 24.2 Å². The van der Waals surface area contributed by atoms with Crippen LogP contribution in [0, 0.1) is 12.3 Å². The van der Waals surface area contributed by atoms with Gasteiger partial charge in [0.1, 0.15) is 0 Å². The Morgan fingerprint density at radius 2 is 2.61 bits per heavy atom. The second-order valence-corrected chi connectivity index (χ2v) is 4.48. The van der Waals surface area contributed by atoms with E-state index >= 15 is 0 Å². The van der Waals surface area contributed by atoms with Gasteiger partial charge >= 0.3 is 0 Å². The second-order valence-electron chi connectivity index (χ2n) is 4.48. The van der Waals surface area contributed by atoms with Gasteiger partial charge in [0.15, 0.2) is 0 Å². The first-order valence-corrected chi connectivity index (χ1v) is 6.25. The molecule has 0 aliphatic carbocycles. The summed E-state index contributed by atoms with van der Waals surface area (Å²) in [6.45, 7) is 2.69. The lowest BCUT2D eigenvalue weighted by atomic mass is 10.0. The average molecular weight is 246 g/mol. The number of imidazole rings is 1. The summed E-state index contributed by atoms with van der Waals surface area (Å²) in [5.74, 6) is 2.56. The SMILES string of the molecule is C#CC(CCC)NC(=O)C1Cc2nc[nH]c2CN1. The minimum atomic E-state index is -0.242. The summed E-state index contributed by atoms with van der Waals surface area (Å²) < 4.78 is 0. The number of H-pyrrole nitrogens is 1. The topological polar surface area (TPSA) is 69.8 Å². The minimum Gasteiger partial charge on any atom is -0.347 e. The van der Waals surface area contributed by atoms with E-state index in [-0.39, 0.29) is 18.0 Å². The highest BCUT2D eigenvalue weighted by molar-refractivity contribution is 5.82. The van der Waals surface area contributed by atoms with Crippen LogP contribution in [-0.4, -0.2) is 28.0 Å². The largest absolute Gasteiger partial charge is 0.347 e. The fourth-order valence-corrected chi connectivity index (χ4v) is 2.11. The molecule has 2 rings (SSSR count). The molecule has 0 spiro atoms. The van der Waals surface area contributed by atoms with Crippen molar-refractivity contribution in [2.24, 2.45) is 0 Å². The molecule has 1 aromatic heterocycles. The van der Waals surface area contributed by atoms with Gasteiger partial charge in [0, 0.05) is 13.0 Å². The van der Waals surface area contributed by atoms with Crippen molar-refractivity contribution in [1.29, 1.82) is 0 Å². The number of hydrogen-bond donors (Lipinski definition) is 3. The Bertz CT molecular complexity index is 460. The lowest BCUT2D eigenvalue weighted by Crippen LogP contribution is -2.50. The summed E-state index contributed by atoms with van der Waals surface area (Å²) in [7, 11) is 0. The number of aromatic nitrogens is 2. The minimum absolute atomic E-state index is 0.0416. The highest BCUT2D eigenvalue weighted by Crippen LogP contribution is 2.12. The number of terminal acetylenes is 1. The number of fused-ring (bicyclic) bond motifs is 1. The van der Waals surface area contributed by atoms with E-state index in [1.54, 1.807) is 6.33 Å². The number of rotatable bonds is 4. The van der Waals surface area contributed by atoms with Crippen molar-refractivity contribution in [2.75, 3.05) is 0 Å². The van der Waals surface area contributed by atoms with Crippen LogP contribution in [0.1, 0.15) is 31.2 Å². The van der Waals surface area contributed by atoms with E-state index in [0.29, 0.717) is 13.0 Å². The molecule has 0 saturated heterocycles. The van der Waals surface area contributed by atoms with Crippen molar-refractivity contribution in [3.63, 3.8) is 0 Å². The van der Waals surface area contributed by atoms with Crippen LogP contribution in [0.3, 0.4) is 0 Å². The van der Waals surface area contributed by atoms with Crippen LogP contribution in [0.4, 0.5) is 0 Å². The zero-order valence-corrected chi connectivity index (χ0v) is 10.5. The summed E-state index contributed by atoms with van der Waals surface area (Å²) in [5.41, 5.74) is 2.02. The summed E-state index contributed by atoms with van der Waals surface area (Å²) in [6, 6.07) is -0.418. The summed E-state index contributed by atoms with van der Waals surface area (Å²) >= 11 is 0. The maximum Gasteiger partial charge on any atom is 0.238 e. The van der Waals surface area contributed by atoms with Crippen molar-refractivity contribution in [2.45, 2.75) is 44.8 Å². The van der Waals surface area contributed by atoms with E-state index in [1.807, 2.05) is 6.92 Å². The van der Waals surface area contributed by atoms with E-state index in [9.17, 15) is 4.79 Å². The number of aromatic amines is 1. The monoisotopic (exact) mass is 246 g/mol. The molecule has 2 heterocycles. The average Bonchev–Trinajstić information content (AvgIpc) is 2.85. The Kier molecular flexibility index (Phi) is 4.00. The van der Waals surface area contributed by atoms with Gasteiger partial charge in [-0.15, -0.1) is 6.42 Å². The van der Waals surface area contributed by atoms with Crippen LogP contribution in [0.5, 0.6) is 0 Å². The number of hydrogen-bond acceptors (Lipinski definition) is 3. The normalized spacial score (nSPS) is 19.7. The number of nitrogens with one attached hydrogen (secondary N) is 3. The molecule has 0 fully saturated rings. The molecule has 5 heteroatoms. The maximum absolute atomic E-state index is 12.1. The van der Waals surface area contributed by atoms with Crippen molar-refractivity contribution in [3.8, 4) is 12.3 Å². The third-order valence-electron chi connectivity index (χ3n) is 3.14. The van der Waals surface area contributed by atoms with Gasteiger partial charge in [0.25, 0.3) is 0 Å². The van der Waals surface area contributed by atoms with E-state index in [4.69, 9.17) is 6.42 Å². The molecule has 0 radical (unpaired) electrons. The molecule has 0 saturated carbocycles. The molecule has 2 atom stereocenters. The molecule has 0 aromatic carbocycles. The van der Waals surface area contributed by atoms with Crippen LogP contribution in [0.2, 0.25) is 0 Å². The number of amides is 1. The molecular formula is C13H18N4O. The highest BCUT2D eigenvalue weighted by atomic mass is 16.2. The summed E-state index contributed by atoms with van der Waals surface area (Å²) in [4.78, 5) is 19.3. The smallest absolute Gasteiger partial charge is 0.238 e. The first-order chi connectivity index (χ1) is 8.74. The van der Waals surface area contributed by atoms with E-state index in [2.05, 4.69) is 26.5 Å². The van der Waals surface area contributed by atoms with Crippen molar-refractivity contribution < 1.29 is 4.79 Å². The fourth-order valence-electron chi connectivity index (χ4n) is 2.11. The standard InChI is InChI=1S/C13H18N4O/c1-3-5-9(4-2)17-13(18)11-6-10-12(7-14-11)16-8-15-10/h2,8-9,11,14H,3,5-7H2,1H3,(H,15,16)(H,17,18). The summed E-state index contributed by atoms with van der Waals surface area (Å²) in [6.07, 6.45) is 9.42. The lowest BCUT2D eigenvalue weighted by Gasteiger charge is -2.23. The van der Waals surface area contributed by atoms with Gasteiger partial charge < -0.3 is 10.3 Å². The zero-order chi connectivity index (χ0) is 13.0. The van der Waals surface area contributed by atoms with Crippen LogP contribution in [-0.2, 0) is 17.8 Å². The third-order valence-corrected chi connectivity index (χ3v) is 3.14. The fraction of sp³-hybridized carbons (Fsp3) is 0.538. The third kappa shape index (κ3) is 2.71. The Balaban J connectivity index is 1.93. The number of nitrogens with zero attached hydrogens (tertiary/aromatic N) is 1. The highest BCUT2D eigenvalue weighted by Gasteiger charge is 2.26. The van der Waals surface area contributed by atoms with Crippen LogP contribution >= 0.6 is 0 Å². The molecule has 3 N–H and O–H groups in total. The van der Waals surface area contributed by atoms with Gasteiger partial charge in [0.05, 0.1) is 29.8 Å². The Labute approximate surface area is 107 Å². The first-order valence-electron chi connectivity index (χ1n) is 6.25. The van der Waals surface area contributed by atoms with Gasteiger partial charge in [-0.1, -0.05) is 19.3 Å². The predicted octanol–water partition coefficient (Wildman–Crippen LogP) is 0.342. The molecular weight excluding hydrogens is 228 g/mol. The molecule has 1 aliphatic rings. The van der Waals surface area contributed by atoms with Gasteiger partial charge in [-0.05, 0) is 6.42 Å². The molecule has 1 amide bonds. The maximum atomic E-state index is 12.1. The van der Waals surface area contributed by atoms with Gasteiger partial charge in [0.2, 0.25) is 5.91 Å². The second kappa shape index (κ2) is 5.69. The van der Waals surface area contributed by atoms with Gasteiger partial charge in [-0.25, -0.2) is 4.98 Å². The molecule has 0 bridgehead atoms. The Morgan fingerprint density at radius 1 is 1.78 bits per heavy atom. The van der Waals surface area contributed by atoms with E-state index < -0.39 is 0 Å². The number of carbonyl (C=O) groups excluding carboxylic acids is 1. The first kappa shape index (κ1) is 12.7.